The standard InChI is InChI=1S/C24H23FN6O5/c25-16-5-1-15(2-6-16)11-35-17-7-3-14(4-8-17)9-29-30-22-19-23(27-12-26-22)31(13-28-19)24-21(34)20(33)18(10-32)36-24/h1-9,12-13,18,20-21,24,32-34H,10-11H2,(H,26,27,30)/b29-9+/t18-,20?,21?,24-/m1/s1. The molecule has 1 aliphatic rings. The predicted octanol–water partition coefficient (Wildman–Crippen LogP) is 1.60. The summed E-state index contributed by atoms with van der Waals surface area (Å²) in [6.07, 6.45) is -0.0384. The fourth-order valence-corrected chi connectivity index (χ4v) is 3.80. The number of ether oxygens (including phenoxy) is 2. The molecule has 0 bridgehead atoms. The number of nitrogens with zero attached hydrogens (tertiary/aromatic N) is 5. The molecular weight excluding hydrogens is 471 g/mol. The number of hydrazone groups is 1. The molecule has 3 heterocycles. The maximum absolute atomic E-state index is 13.0. The molecule has 0 spiro atoms. The number of imidazole rings is 1. The van der Waals surface area contributed by atoms with Gasteiger partial charge < -0.3 is 24.8 Å². The van der Waals surface area contributed by atoms with Crippen molar-refractivity contribution in [2.75, 3.05) is 12.0 Å². The minimum atomic E-state index is -1.26. The second-order valence-electron chi connectivity index (χ2n) is 8.13. The van der Waals surface area contributed by atoms with Gasteiger partial charge in [0.15, 0.2) is 23.2 Å². The summed E-state index contributed by atoms with van der Waals surface area (Å²) < 4.78 is 25.7. The monoisotopic (exact) mass is 494 g/mol. The van der Waals surface area contributed by atoms with Crippen LogP contribution in [0.25, 0.3) is 11.2 Å². The van der Waals surface area contributed by atoms with Crippen molar-refractivity contribution in [1.29, 1.82) is 0 Å². The van der Waals surface area contributed by atoms with Gasteiger partial charge in [0.05, 0.1) is 19.1 Å². The summed E-state index contributed by atoms with van der Waals surface area (Å²) in [6, 6.07) is 13.4. The summed E-state index contributed by atoms with van der Waals surface area (Å²) in [5, 5.41) is 33.9. The number of halogens is 1. The van der Waals surface area contributed by atoms with Gasteiger partial charge in [0, 0.05) is 0 Å². The Balaban J connectivity index is 1.23. The van der Waals surface area contributed by atoms with E-state index in [0.717, 1.165) is 11.1 Å². The highest BCUT2D eigenvalue weighted by Gasteiger charge is 2.44. The van der Waals surface area contributed by atoms with Crippen LogP contribution in [0.2, 0.25) is 0 Å². The lowest BCUT2D eigenvalue weighted by Gasteiger charge is -2.16. The largest absolute Gasteiger partial charge is 0.489 e. The van der Waals surface area contributed by atoms with Gasteiger partial charge in [0.25, 0.3) is 0 Å². The molecule has 2 aromatic carbocycles. The first kappa shape index (κ1) is 23.8. The van der Waals surface area contributed by atoms with E-state index in [0.29, 0.717) is 29.3 Å². The summed E-state index contributed by atoms with van der Waals surface area (Å²) in [7, 11) is 0. The van der Waals surface area contributed by atoms with Crippen LogP contribution in [-0.2, 0) is 11.3 Å². The summed E-state index contributed by atoms with van der Waals surface area (Å²) >= 11 is 0. The van der Waals surface area contributed by atoms with Crippen LogP contribution in [0.1, 0.15) is 17.4 Å². The third-order valence-electron chi connectivity index (χ3n) is 5.73. The van der Waals surface area contributed by atoms with Gasteiger partial charge in [-0.3, -0.25) is 9.99 Å². The molecular formula is C24H23FN6O5. The van der Waals surface area contributed by atoms with E-state index in [1.54, 1.807) is 30.5 Å². The molecule has 4 aromatic rings. The molecule has 5 rings (SSSR count). The van der Waals surface area contributed by atoms with Crippen LogP contribution < -0.4 is 10.2 Å². The van der Waals surface area contributed by atoms with Crippen molar-refractivity contribution in [2.45, 2.75) is 31.1 Å². The Bertz CT molecular complexity index is 1350. The molecule has 0 saturated carbocycles. The predicted molar refractivity (Wildman–Crippen MR) is 127 cm³/mol. The van der Waals surface area contributed by atoms with Crippen LogP contribution in [0, 0.1) is 5.82 Å². The molecule has 2 aromatic heterocycles. The first-order valence-electron chi connectivity index (χ1n) is 11.1. The van der Waals surface area contributed by atoms with E-state index < -0.39 is 31.1 Å². The molecule has 11 nitrogen and oxygen atoms in total. The molecule has 4 atom stereocenters. The second kappa shape index (κ2) is 10.3. The van der Waals surface area contributed by atoms with Gasteiger partial charge in [0.2, 0.25) is 0 Å². The molecule has 12 heteroatoms. The molecule has 0 amide bonds. The van der Waals surface area contributed by atoms with Crippen LogP contribution >= 0.6 is 0 Å². The Morgan fingerprint density at radius 1 is 1.06 bits per heavy atom. The number of nitrogens with one attached hydrogen (secondary N) is 1. The zero-order valence-electron chi connectivity index (χ0n) is 18.8. The Hall–Kier alpha value is -3.97. The Labute approximate surface area is 204 Å². The summed E-state index contributed by atoms with van der Waals surface area (Å²) in [5.74, 6) is 0.711. The van der Waals surface area contributed by atoms with Crippen LogP contribution in [0.4, 0.5) is 10.2 Å². The molecule has 36 heavy (non-hydrogen) atoms. The van der Waals surface area contributed by atoms with Crippen LogP contribution in [0.5, 0.6) is 5.75 Å². The summed E-state index contributed by atoms with van der Waals surface area (Å²) in [4.78, 5) is 12.7. The lowest BCUT2D eigenvalue weighted by molar-refractivity contribution is -0.0511. The highest BCUT2D eigenvalue weighted by atomic mass is 19.1. The normalized spacial score (nSPS) is 21.9. The van der Waals surface area contributed by atoms with E-state index in [9.17, 15) is 19.7 Å². The van der Waals surface area contributed by atoms with Crippen molar-refractivity contribution in [1.82, 2.24) is 19.5 Å². The topological polar surface area (TPSA) is 147 Å². The molecule has 4 N–H and O–H groups in total. The first-order chi connectivity index (χ1) is 17.5. The fourth-order valence-electron chi connectivity index (χ4n) is 3.80. The Morgan fingerprint density at radius 3 is 2.56 bits per heavy atom. The summed E-state index contributed by atoms with van der Waals surface area (Å²) in [6.45, 7) is -0.104. The van der Waals surface area contributed by atoms with E-state index in [2.05, 4.69) is 25.5 Å². The number of hydrogen-bond donors (Lipinski definition) is 4. The third kappa shape index (κ3) is 4.88. The molecule has 2 unspecified atom stereocenters. The summed E-state index contributed by atoms with van der Waals surface area (Å²) in [5.41, 5.74) is 5.25. The third-order valence-corrected chi connectivity index (χ3v) is 5.73. The average Bonchev–Trinajstić information content (AvgIpc) is 3.45. The number of hydrogen-bond acceptors (Lipinski definition) is 10. The van der Waals surface area contributed by atoms with Crippen LogP contribution in [-0.4, -0.2) is 66.0 Å². The van der Waals surface area contributed by atoms with Gasteiger partial charge in [-0.2, -0.15) is 5.10 Å². The van der Waals surface area contributed by atoms with Gasteiger partial charge in [-0.15, -0.1) is 0 Å². The van der Waals surface area contributed by atoms with E-state index in [1.807, 2.05) is 12.1 Å². The van der Waals surface area contributed by atoms with Gasteiger partial charge in [-0.05, 0) is 47.5 Å². The van der Waals surface area contributed by atoms with Crippen molar-refractivity contribution in [3.63, 3.8) is 0 Å². The Morgan fingerprint density at radius 2 is 1.83 bits per heavy atom. The van der Waals surface area contributed by atoms with Crippen LogP contribution in [0.15, 0.2) is 66.3 Å². The van der Waals surface area contributed by atoms with Gasteiger partial charge in [-0.1, -0.05) is 12.1 Å². The lowest BCUT2D eigenvalue weighted by atomic mass is 10.1. The SMILES string of the molecule is OC[C@H]1O[C@@H](n2cnc3c(N/N=C/c4ccc(OCc5ccc(F)cc5)cc4)ncnc32)C(O)C1O. The molecule has 1 aliphatic heterocycles. The van der Waals surface area contributed by atoms with Gasteiger partial charge >= 0.3 is 0 Å². The lowest BCUT2D eigenvalue weighted by Crippen LogP contribution is -2.33. The molecule has 1 fully saturated rings. The number of aliphatic hydroxyl groups excluding tert-OH is 3. The van der Waals surface area contributed by atoms with E-state index in [1.165, 1.54) is 29.4 Å². The first-order valence-corrected chi connectivity index (χ1v) is 11.1. The minimum absolute atomic E-state index is 0.287. The Kier molecular flexibility index (Phi) is 6.82. The highest BCUT2D eigenvalue weighted by Crippen LogP contribution is 2.32. The second-order valence-corrected chi connectivity index (χ2v) is 8.13. The van der Waals surface area contributed by atoms with E-state index >= 15 is 0 Å². The van der Waals surface area contributed by atoms with Gasteiger partial charge in [-0.25, -0.2) is 19.3 Å². The quantitative estimate of drug-likeness (QED) is 0.212. The number of benzene rings is 2. The minimum Gasteiger partial charge on any atom is -0.489 e. The van der Waals surface area contributed by atoms with Gasteiger partial charge in [0.1, 0.15) is 42.8 Å². The maximum Gasteiger partial charge on any atom is 0.177 e. The van der Waals surface area contributed by atoms with Crippen molar-refractivity contribution < 1.29 is 29.2 Å². The average molecular weight is 494 g/mol. The van der Waals surface area contributed by atoms with Crippen molar-refractivity contribution >= 4 is 23.2 Å². The van der Waals surface area contributed by atoms with Crippen molar-refractivity contribution in [3.8, 4) is 5.75 Å². The fraction of sp³-hybridized carbons (Fsp3) is 0.250. The molecule has 0 aliphatic carbocycles. The number of aromatic nitrogens is 4. The zero-order valence-corrected chi connectivity index (χ0v) is 18.8. The van der Waals surface area contributed by atoms with E-state index in [-0.39, 0.29) is 5.82 Å². The number of rotatable bonds is 8. The maximum atomic E-state index is 13.0. The molecule has 186 valence electrons. The van der Waals surface area contributed by atoms with Crippen molar-refractivity contribution in [3.05, 3.63) is 78.1 Å². The zero-order chi connectivity index (χ0) is 25.1. The molecule has 1 saturated heterocycles. The highest BCUT2D eigenvalue weighted by molar-refractivity contribution is 5.84. The number of fused-ring (bicyclic) bond motifs is 1. The van der Waals surface area contributed by atoms with E-state index in [4.69, 9.17) is 9.47 Å². The number of aliphatic hydroxyl groups is 3. The number of anilines is 1. The van der Waals surface area contributed by atoms with Crippen LogP contribution in [0.3, 0.4) is 0 Å². The van der Waals surface area contributed by atoms with Crippen molar-refractivity contribution in [2.24, 2.45) is 5.10 Å². The smallest absolute Gasteiger partial charge is 0.177 e. The molecule has 0 radical (unpaired) electrons.